The van der Waals surface area contributed by atoms with Crippen molar-refractivity contribution in [1.82, 2.24) is 15.5 Å². The number of rotatable bonds is 6. The van der Waals surface area contributed by atoms with Crippen LogP contribution in [0.25, 0.3) is 10.6 Å². The summed E-state index contributed by atoms with van der Waals surface area (Å²) >= 11 is 1.62. The lowest BCUT2D eigenvalue weighted by Gasteiger charge is -1.99. The second kappa shape index (κ2) is 6.58. The lowest BCUT2D eigenvalue weighted by Crippen LogP contribution is -2.18. The predicted molar refractivity (Wildman–Crippen MR) is 73.7 cm³/mol. The van der Waals surface area contributed by atoms with Gasteiger partial charge >= 0.3 is 0 Å². The van der Waals surface area contributed by atoms with Crippen molar-refractivity contribution in [3.8, 4) is 10.6 Å². The van der Waals surface area contributed by atoms with E-state index in [1.54, 1.807) is 18.4 Å². The summed E-state index contributed by atoms with van der Waals surface area (Å²) in [5.74, 6) is 0. The molecule has 0 aliphatic carbocycles. The number of aryl methyl sites for hydroxylation is 1. The summed E-state index contributed by atoms with van der Waals surface area (Å²) in [6.45, 7) is 4.36. The second-order valence-corrected chi connectivity index (χ2v) is 5.10. The number of nitrogens with one attached hydrogen (secondary N) is 1. The zero-order valence-electron chi connectivity index (χ0n) is 10.6. The molecule has 5 heteroatoms. The molecule has 4 nitrogen and oxygen atoms in total. The lowest BCUT2D eigenvalue weighted by molar-refractivity contribution is 0.199. The minimum atomic E-state index is 0.712. The first-order valence-electron chi connectivity index (χ1n) is 5.88. The summed E-state index contributed by atoms with van der Waals surface area (Å²) in [6.07, 6.45) is 0. The standard InChI is InChI=1S/C13H17N3OS/c1-10-3-5-11(6-4-10)13-16-15-12(18-13)9-14-7-8-17-2/h3-6,14H,7-9H2,1-2H3. The average molecular weight is 263 g/mol. The van der Waals surface area contributed by atoms with Crippen molar-refractivity contribution in [2.24, 2.45) is 0 Å². The molecule has 2 rings (SSSR count). The molecule has 0 atom stereocenters. The van der Waals surface area contributed by atoms with Crippen LogP contribution < -0.4 is 5.32 Å². The molecule has 0 radical (unpaired) electrons. The van der Waals surface area contributed by atoms with Gasteiger partial charge in [-0.05, 0) is 6.92 Å². The number of benzene rings is 1. The third-order valence-electron chi connectivity index (χ3n) is 2.52. The number of ether oxygens (including phenoxy) is 1. The van der Waals surface area contributed by atoms with Gasteiger partial charge in [-0.2, -0.15) is 0 Å². The first kappa shape index (κ1) is 13.1. The summed E-state index contributed by atoms with van der Waals surface area (Å²) in [7, 11) is 1.70. The maximum Gasteiger partial charge on any atom is 0.147 e. The Balaban J connectivity index is 1.95. The molecule has 0 fully saturated rings. The van der Waals surface area contributed by atoms with Gasteiger partial charge in [-0.25, -0.2) is 0 Å². The minimum Gasteiger partial charge on any atom is -0.383 e. The van der Waals surface area contributed by atoms with Gasteiger partial charge in [0.2, 0.25) is 0 Å². The Bertz CT molecular complexity index is 481. The highest BCUT2D eigenvalue weighted by Gasteiger charge is 2.05. The zero-order chi connectivity index (χ0) is 12.8. The van der Waals surface area contributed by atoms with Crippen LogP contribution in [-0.2, 0) is 11.3 Å². The van der Waals surface area contributed by atoms with Crippen molar-refractivity contribution in [1.29, 1.82) is 0 Å². The Morgan fingerprint density at radius 3 is 2.72 bits per heavy atom. The lowest BCUT2D eigenvalue weighted by atomic mass is 10.2. The fourth-order valence-corrected chi connectivity index (χ4v) is 2.32. The summed E-state index contributed by atoms with van der Waals surface area (Å²) < 4.78 is 4.97. The summed E-state index contributed by atoms with van der Waals surface area (Å²) in [6, 6.07) is 8.34. The van der Waals surface area contributed by atoms with Gasteiger partial charge in [0, 0.05) is 25.8 Å². The van der Waals surface area contributed by atoms with Crippen LogP contribution in [0.15, 0.2) is 24.3 Å². The maximum absolute atomic E-state index is 4.97. The molecule has 0 amide bonds. The van der Waals surface area contributed by atoms with Crippen molar-refractivity contribution in [3.05, 3.63) is 34.8 Å². The van der Waals surface area contributed by atoms with Crippen molar-refractivity contribution in [2.75, 3.05) is 20.3 Å². The smallest absolute Gasteiger partial charge is 0.147 e. The Labute approximate surface area is 111 Å². The molecule has 0 aliphatic heterocycles. The fraction of sp³-hybridized carbons (Fsp3) is 0.385. The number of aromatic nitrogens is 2. The molecular weight excluding hydrogens is 246 g/mol. The van der Waals surface area contributed by atoms with Crippen LogP contribution in [0.2, 0.25) is 0 Å². The number of hydrogen-bond donors (Lipinski definition) is 1. The van der Waals surface area contributed by atoms with Crippen LogP contribution in [0, 0.1) is 6.92 Å². The fourth-order valence-electron chi connectivity index (χ4n) is 1.51. The molecule has 2 aromatic rings. The van der Waals surface area contributed by atoms with E-state index in [0.29, 0.717) is 6.61 Å². The molecule has 1 aromatic carbocycles. The van der Waals surface area contributed by atoms with Crippen LogP contribution in [0.3, 0.4) is 0 Å². The van der Waals surface area contributed by atoms with E-state index in [9.17, 15) is 0 Å². The Hall–Kier alpha value is -1.30. The number of hydrogen-bond acceptors (Lipinski definition) is 5. The normalized spacial score (nSPS) is 10.8. The van der Waals surface area contributed by atoms with Crippen LogP contribution in [0.1, 0.15) is 10.6 Å². The van der Waals surface area contributed by atoms with Crippen LogP contribution >= 0.6 is 11.3 Å². The molecule has 0 aliphatic rings. The van der Waals surface area contributed by atoms with Gasteiger partial charge in [0.05, 0.1) is 6.61 Å². The van der Waals surface area contributed by atoms with E-state index in [0.717, 1.165) is 28.7 Å². The topological polar surface area (TPSA) is 47.0 Å². The van der Waals surface area contributed by atoms with E-state index in [1.165, 1.54) is 5.56 Å². The SMILES string of the molecule is COCCNCc1nnc(-c2ccc(C)cc2)s1. The third-order valence-corrected chi connectivity index (χ3v) is 3.50. The van der Waals surface area contributed by atoms with Gasteiger partial charge in [-0.15, -0.1) is 10.2 Å². The summed E-state index contributed by atoms with van der Waals surface area (Å²) in [5, 5.41) is 13.6. The monoisotopic (exact) mass is 263 g/mol. The molecule has 18 heavy (non-hydrogen) atoms. The first-order chi connectivity index (χ1) is 8.79. The molecule has 1 heterocycles. The highest BCUT2D eigenvalue weighted by atomic mass is 32.1. The van der Waals surface area contributed by atoms with Crippen LogP contribution in [-0.4, -0.2) is 30.5 Å². The molecule has 0 bridgehead atoms. The summed E-state index contributed by atoms with van der Waals surface area (Å²) in [4.78, 5) is 0. The highest BCUT2D eigenvalue weighted by molar-refractivity contribution is 7.14. The van der Waals surface area contributed by atoms with E-state index in [2.05, 4.69) is 46.7 Å². The van der Waals surface area contributed by atoms with Gasteiger partial charge in [-0.3, -0.25) is 0 Å². The van der Waals surface area contributed by atoms with E-state index < -0.39 is 0 Å². The Kier molecular flexibility index (Phi) is 4.81. The summed E-state index contributed by atoms with van der Waals surface area (Å²) in [5.41, 5.74) is 2.38. The highest BCUT2D eigenvalue weighted by Crippen LogP contribution is 2.23. The van der Waals surface area contributed by atoms with Crippen molar-refractivity contribution in [3.63, 3.8) is 0 Å². The van der Waals surface area contributed by atoms with E-state index in [1.807, 2.05) is 0 Å². The Morgan fingerprint density at radius 1 is 1.22 bits per heavy atom. The van der Waals surface area contributed by atoms with E-state index in [4.69, 9.17) is 4.74 Å². The minimum absolute atomic E-state index is 0.712. The molecule has 1 N–H and O–H groups in total. The van der Waals surface area contributed by atoms with Gasteiger partial charge in [0.1, 0.15) is 10.0 Å². The second-order valence-electron chi connectivity index (χ2n) is 4.04. The quantitative estimate of drug-likeness (QED) is 0.812. The molecule has 0 saturated heterocycles. The van der Waals surface area contributed by atoms with Gasteiger partial charge in [0.25, 0.3) is 0 Å². The molecule has 0 spiro atoms. The molecule has 0 saturated carbocycles. The van der Waals surface area contributed by atoms with E-state index >= 15 is 0 Å². The van der Waals surface area contributed by atoms with Crippen molar-refractivity contribution >= 4 is 11.3 Å². The average Bonchev–Trinajstić information content (AvgIpc) is 2.84. The third kappa shape index (κ3) is 3.60. The van der Waals surface area contributed by atoms with Gasteiger partial charge < -0.3 is 10.1 Å². The molecular formula is C13H17N3OS. The van der Waals surface area contributed by atoms with Gasteiger partial charge in [0.15, 0.2) is 0 Å². The van der Waals surface area contributed by atoms with Crippen molar-refractivity contribution < 1.29 is 4.74 Å². The molecule has 1 aromatic heterocycles. The predicted octanol–water partition coefficient (Wildman–Crippen LogP) is 2.25. The zero-order valence-corrected chi connectivity index (χ0v) is 11.5. The van der Waals surface area contributed by atoms with Crippen LogP contribution in [0.5, 0.6) is 0 Å². The largest absolute Gasteiger partial charge is 0.383 e. The maximum atomic E-state index is 4.97. The first-order valence-corrected chi connectivity index (χ1v) is 6.70. The number of nitrogens with zero attached hydrogens (tertiary/aromatic N) is 2. The molecule has 0 unspecified atom stereocenters. The van der Waals surface area contributed by atoms with Crippen molar-refractivity contribution in [2.45, 2.75) is 13.5 Å². The van der Waals surface area contributed by atoms with Crippen LogP contribution in [0.4, 0.5) is 0 Å². The number of methoxy groups -OCH3 is 1. The molecule has 96 valence electrons. The Morgan fingerprint density at radius 2 is 2.00 bits per heavy atom. The van der Waals surface area contributed by atoms with E-state index in [-0.39, 0.29) is 0 Å². The van der Waals surface area contributed by atoms with Gasteiger partial charge in [-0.1, -0.05) is 41.2 Å².